The number of nitrogens with zero attached hydrogens (tertiary/aromatic N) is 1. The molecular weight excluding hydrogens is 360 g/mol. The number of carbonyl (C=O) groups is 2. The number of anilines is 1. The number of nitrogens with one attached hydrogen (secondary N) is 1. The second kappa shape index (κ2) is 8.57. The summed E-state index contributed by atoms with van der Waals surface area (Å²) in [5.74, 6) is 0.0855. The van der Waals surface area contributed by atoms with Crippen LogP contribution in [0.1, 0.15) is 29.5 Å². The molecule has 0 aliphatic carbocycles. The summed E-state index contributed by atoms with van der Waals surface area (Å²) in [6, 6.07) is 13.5. The van der Waals surface area contributed by atoms with Crippen LogP contribution >= 0.6 is 11.6 Å². The molecule has 5 heteroatoms. The lowest BCUT2D eigenvalue weighted by Crippen LogP contribution is -2.42. The van der Waals surface area contributed by atoms with Crippen molar-refractivity contribution >= 4 is 29.1 Å². The second-order valence-electron chi connectivity index (χ2n) is 7.27. The van der Waals surface area contributed by atoms with Gasteiger partial charge in [0.2, 0.25) is 11.8 Å². The fraction of sp³-hybridized carbons (Fsp3) is 0.364. The zero-order chi connectivity index (χ0) is 19.4. The van der Waals surface area contributed by atoms with Crippen molar-refractivity contribution in [2.45, 2.75) is 33.1 Å². The van der Waals surface area contributed by atoms with Gasteiger partial charge in [-0.1, -0.05) is 41.4 Å². The Morgan fingerprint density at radius 2 is 1.85 bits per heavy atom. The van der Waals surface area contributed by atoms with E-state index < -0.39 is 0 Å². The highest BCUT2D eigenvalue weighted by atomic mass is 35.5. The molecular formula is C22H25ClN2O2. The summed E-state index contributed by atoms with van der Waals surface area (Å²) < 4.78 is 0. The molecule has 2 amide bonds. The van der Waals surface area contributed by atoms with Gasteiger partial charge in [-0.25, -0.2) is 0 Å². The van der Waals surface area contributed by atoms with Gasteiger partial charge in [0.05, 0.1) is 6.42 Å². The van der Waals surface area contributed by atoms with E-state index in [2.05, 4.69) is 5.32 Å². The van der Waals surface area contributed by atoms with Crippen LogP contribution in [0.5, 0.6) is 0 Å². The summed E-state index contributed by atoms with van der Waals surface area (Å²) >= 11 is 5.96. The van der Waals surface area contributed by atoms with Gasteiger partial charge >= 0.3 is 0 Å². The predicted molar refractivity (Wildman–Crippen MR) is 109 cm³/mol. The normalized spacial score (nSPS) is 14.9. The number of hydrogen-bond donors (Lipinski definition) is 1. The maximum absolute atomic E-state index is 12.6. The predicted octanol–water partition coefficient (Wildman–Crippen LogP) is 4.38. The summed E-state index contributed by atoms with van der Waals surface area (Å²) in [6.45, 7) is 5.21. The highest BCUT2D eigenvalue weighted by molar-refractivity contribution is 6.30. The van der Waals surface area contributed by atoms with Crippen LogP contribution in [0, 0.1) is 19.8 Å². The van der Waals surface area contributed by atoms with Crippen molar-refractivity contribution < 1.29 is 9.59 Å². The van der Waals surface area contributed by atoms with Gasteiger partial charge in [-0.05, 0) is 56.0 Å². The van der Waals surface area contributed by atoms with Crippen LogP contribution in [0.25, 0.3) is 0 Å². The Kier molecular flexibility index (Phi) is 6.17. The summed E-state index contributed by atoms with van der Waals surface area (Å²) in [5.41, 5.74) is 3.94. The van der Waals surface area contributed by atoms with Crippen molar-refractivity contribution in [2.75, 3.05) is 18.4 Å². The summed E-state index contributed by atoms with van der Waals surface area (Å²) in [4.78, 5) is 27.0. The van der Waals surface area contributed by atoms with Crippen LogP contribution in [0.3, 0.4) is 0 Å². The number of amides is 2. The average Bonchev–Trinajstić information content (AvgIpc) is 2.64. The molecule has 0 bridgehead atoms. The summed E-state index contributed by atoms with van der Waals surface area (Å²) in [6.07, 6.45) is 1.80. The van der Waals surface area contributed by atoms with Crippen molar-refractivity contribution in [3.63, 3.8) is 0 Å². The van der Waals surface area contributed by atoms with E-state index in [1.807, 2.05) is 55.1 Å². The first kappa shape index (κ1) is 19.4. The number of aryl methyl sites for hydroxylation is 2. The molecule has 0 spiro atoms. The van der Waals surface area contributed by atoms with E-state index in [9.17, 15) is 9.59 Å². The van der Waals surface area contributed by atoms with Crippen molar-refractivity contribution in [1.82, 2.24) is 4.90 Å². The zero-order valence-corrected chi connectivity index (χ0v) is 16.6. The Bertz CT molecular complexity index is 842. The maximum atomic E-state index is 12.6. The average molecular weight is 385 g/mol. The van der Waals surface area contributed by atoms with Crippen molar-refractivity contribution in [2.24, 2.45) is 5.92 Å². The van der Waals surface area contributed by atoms with Gasteiger partial charge in [-0.3, -0.25) is 9.59 Å². The first-order valence-corrected chi connectivity index (χ1v) is 9.70. The molecule has 1 fully saturated rings. The smallest absolute Gasteiger partial charge is 0.227 e. The molecule has 2 aromatic carbocycles. The minimum atomic E-state index is -0.0666. The number of hydrogen-bond acceptors (Lipinski definition) is 2. The van der Waals surface area contributed by atoms with Gasteiger partial charge in [0.25, 0.3) is 0 Å². The monoisotopic (exact) mass is 384 g/mol. The SMILES string of the molecule is Cc1cccc(CC(=O)N2CCC(C(=O)Nc3ccc(Cl)cc3C)CC2)c1. The van der Waals surface area contributed by atoms with Gasteiger partial charge in [0.15, 0.2) is 0 Å². The fourth-order valence-electron chi connectivity index (χ4n) is 3.50. The largest absolute Gasteiger partial charge is 0.342 e. The van der Waals surface area contributed by atoms with E-state index in [1.54, 1.807) is 6.07 Å². The third kappa shape index (κ3) is 5.10. The number of rotatable bonds is 4. The molecule has 4 nitrogen and oxygen atoms in total. The standard InChI is InChI=1S/C22H25ClN2O2/c1-15-4-3-5-17(12-15)14-21(26)25-10-8-18(9-11-25)22(27)24-20-7-6-19(23)13-16(20)2/h3-7,12-13,18H,8-11,14H2,1-2H3,(H,24,27). The van der Waals surface area contributed by atoms with Crippen LogP contribution in [-0.4, -0.2) is 29.8 Å². The lowest BCUT2D eigenvalue weighted by molar-refractivity contribution is -0.133. The Morgan fingerprint density at radius 1 is 1.11 bits per heavy atom. The molecule has 0 unspecified atom stereocenters. The molecule has 2 aromatic rings. The number of halogens is 1. The van der Waals surface area contributed by atoms with E-state index in [4.69, 9.17) is 11.6 Å². The molecule has 27 heavy (non-hydrogen) atoms. The Balaban J connectivity index is 1.52. The van der Waals surface area contributed by atoms with E-state index in [1.165, 1.54) is 0 Å². The van der Waals surface area contributed by atoms with E-state index in [0.717, 1.165) is 22.4 Å². The molecule has 1 saturated heterocycles. The molecule has 0 atom stereocenters. The van der Waals surface area contributed by atoms with Crippen molar-refractivity contribution in [3.8, 4) is 0 Å². The van der Waals surface area contributed by atoms with Crippen LogP contribution in [0.2, 0.25) is 5.02 Å². The van der Waals surface area contributed by atoms with Crippen LogP contribution in [0.15, 0.2) is 42.5 Å². The van der Waals surface area contributed by atoms with Gasteiger partial charge in [-0.2, -0.15) is 0 Å². The maximum Gasteiger partial charge on any atom is 0.227 e. The molecule has 3 rings (SSSR count). The lowest BCUT2D eigenvalue weighted by Gasteiger charge is -2.31. The Labute approximate surface area is 165 Å². The number of piperidine rings is 1. The van der Waals surface area contributed by atoms with E-state index in [0.29, 0.717) is 37.4 Å². The van der Waals surface area contributed by atoms with Crippen LogP contribution in [-0.2, 0) is 16.0 Å². The van der Waals surface area contributed by atoms with Gasteiger partial charge in [0.1, 0.15) is 0 Å². The molecule has 1 aliphatic heterocycles. The second-order valence-corrected chi connectivity index (χ2v) is 7.71. The zero-order valence-electron chi connectivity index (χ0n) is 15.8. The molecule has 1 N–H and O–H groups in total. The van der Waals surface area contributed by atoms with E-state index >= 15 is 0 Å². The highest BCUT2D eigenvalue weighted by Gasteiger charge is 2.27. The van der Waals surface area contributed by atoms with Gasteiger partial charge in [-0.15, -0.1) is 0 Å². The minimum absolute atomic E-state index is 0.0196. The molecule has 142 valence electrons. The highest BCUT2D eigenvalue weighted by Crippen LogP contribution is 2.23. The molecule has 0 saturated carbocycles. The lowest BCUT2D eigenvalue weighted by atomic mass is 9.95. The Morgan fingerprint density at radius 3 is 2.52 bits per heavy atom. The number of benzene rings is 2. The topological polar surface area (TPSA) is 49.4 Å². The fourth-order valence-corrected chi connectivity index (χ4v) is 3.73. The van der Waals surface area contributed by atoms with Crippen LogP contribution in [0.4, 0.5) is 5.69 Å². The van der Waals surface area contributed by atoms with Gasteiger partial charge in [0, 0.05) is 29.7 Å². The van der Waals surface area contributed by atoms with Crippen LogP contribution < -0.4 is 5.32 Å². The van der Waals surface area contributed by atoms with Crippen molar-refractivity contribution in [1.29, 1.82) is 0 Å². The number of carbonyl (C=O) groups excluding carboxylic acids is 2. The molecule has 0 radical (unpaired) electrons. The quantitative estimate of drug-likeness (QED) is 0.850. The number of likely N-dealkylation sites (tertiary alicyclic amines) is 1. The third-order valence-electron chi connectivity index (χ3n) is 5.10. The summed E-state index contributed by atoms with van der Waals surface area (Å²) in [7, 11) is 0. The van der Waals surface area contributed by atoms with Gasteiger partial charge < -0.3 is 10.2 Å². The summed E-state index contributed by atoms with van der Waals surface area (Å²) in [5, 5.41) is 3.65. The molecule has 1 heterocycles. The minimum Gasteiger partial charge on any atom is -0.342 e. The first-order chi connectivity index (χ1) is 12.9. The molecule has 1 aliphatic rings. The van der Waals surface area contributed by atoms with E-state index in [-0.39, 0.29) is 17.7 Å². The third-order valence-corrected chi connectivity index (χ3v) is 5.34. The van der Waals surface area contributed by atoms with Crippen molar-refractivity contribution in [3.05, 3.63) is 64.2 Å². The molecule has 0 aromatic heterocycles. The first-order valence-electron chi connectivity index (χ1n) is 9.32. The Hall–Kier alpha value is -2.33.